The van der Waals surface area contributed by atoms with Gasteiger partial charge in [0.1, 0.15) is 5.76 Å². The van der Waals surface area contributed by atoms with Crippen LogP contribution in [0.15, 0.2) is 11.8 Å². The largest absolute Gasteiger partial charge is 0.426 e. The van der Waals surface area contributed by atoms with Crippen LogP contribution >= 0.6 is 0 Å². The van der Waals surface area contributed by atoms with Crippen molar-refractivity contribution in [2.75, 3.05) is 6.61 Å². The summed E-state index contributed by atoms with van der Waals surface area (Å²) in [5.41, 5.74) is -0.406. The number of ether oxygens (including phenoxy) is 1. The Kier molecular flexibility index (Phi) is 2.42. The summed E-state index contributed by atoms with van der Waals surface area (Å²) in [5.74, 6) is -0.253. The summed E-state index contributed by atoms with van der Waals surface area (Å²) in [4.78, 5) is 21.2. The number of carbonyl (C=O) groups excluding carboxylic acids is 2. The third kappa shape index (κ3) is 1.26. The van der Waals surface area contributed by atoms with E-state index in [4.69, 9.17) is 4.74 Å². The van der Waals surface area contributed by atoms with Crippen LogP contribution in [0.4, 0.5) is 0 Å². The minimum Gasteiger partial charge on any atom is -0.426 e. The van der Waals surface area contributed by atoms with Gasteiger partial charge in [0.05, 0.1) is 0 Å². The molecule has 1 N–H and O–H groups in total. The molecule has 4 heteroatoms. The Morgan fingerprint density at radius 2 is 2.38 bits per heavy atom. The van der Waals surface area contributed by atoms with Gasteiger partial charge in [0.25, 0.3) is 0 Å². The number of carbonyl (C=O) groups is 2. The molecular weight excluding hydrogens is 208 g/mol. The van der Waals surface area contributed by atoms with Gasteiger partial charge in [-0.05, 0) is 24.3 Å². The summed E-state index contributed by atoms with van der Waals surface area (Å²) in [6.45, 7) is 4.13. The summed E-state index contributed by atoms with van der Waals surface area (Å²) in [6.07, 6.45) is 3.95. The van der Waals surface area contributed by atoms with Crippen molar-refractivity contribution in [2.24, 2.45) is 16.7 Å². The predicted octanol–water partition coefficient (Wildman–Crippen LogP) is 1.04. The van der Waals surface area contributed by atoms with Crippen LogP contribution in [0.2, 0.25) is 0 Å². The first kappa shape index (κ1) is 11.3. The molecule has 0 aliphatic heterocycles. The van der Waals surface area contributed by atoms with E-state index < -0.39 is 5.97 Å². The third-order valence-corrected chi connectivity index (χ3v) is 4.47. The molecule has 0 spiro atoms. The van der Waals surface area contributed by atoms with Crippen molar-refractivity contribution in [1.82, 2.24) is 0 Å². The quantitative estimate of drug-likeness (QED) is 0.442. The normalized spacial score (nSPS) is 40.7. The molecule has 0 radical (unpaired) electrons. The number of aliphatic hydroxyl groups excluding tert-OH is 1. The molecule has 1 saturated carbocycles. The summed E-state index contributed by atoms with van der Waals surface area (Å²) >= 11 is 0. The molecule has 0 amide bonds. The van der Waals surface area contributed by atoms with Gasteiger partial charge < -0.3 is 9.84 Å². The molecule has 3 atom stereocenters. The summed E-state index contributed by atoms with van der Waals surface area (Å²) in [5, 5.41) is 9.54. The van der Waals surface area contributed by atoms with Crippen molar-refractivity contribution in [3.63, 3.8) is 0 Å². The van der Waals surface area contributed by atoms with E-state index in [1.54, 1.807) is 0 Å². The Hall–Kier alpha value is -1.16. The first-order chi connectivity index (χ1) is 7.47. The van der Waals surface area contributed by atoms with Gasteiger partial charge in [0.2, 0.25) is 6.29 Å². The van der Waals surface area contributed by atoms with E-state index in [2.05, 4.69) is 6.92 Å². The molecule has 88 valence electrons. The molecular formula is C12H16O4. The average Bonchev–Trinajstić information content (AvgIpc) is 2.63. The second-order valence-electron chi connectivity index (χ2n) is 5.17. The SMILES string of the molecule is CC12C=C(OC(=O)C=O)C(CC1)C2(C)CO. The second-order valence-corrected chi connectivity index (χ2v) is 5.17. The molecule has 0 aromatic rings. The molecule has 3 unspecified atom stereocenters. The van der Waals surface area contributed by atoms with E-state index in [0.29, 0.717) is 5.76 Å². The van der Waals surface area contributed by atoms with Crippen molar-refractivity contribution in [3.05, 3.63) is 11.8 Å². The fraction of sp³-hybridized carbons (Fsp3) is 0.667. The van der Waals surface area contributed by atoms with Crippen molar-refractivity contribution in [2.45, 2.75) is 26.7 Å². The first-order valence-corrected chi connectivity index (χ1v) is 5.47. The van der Waals surface area contributed by atoms with Crippen LogP contribution in [0.1, 0.15) is 26.7 Å². The Morgan fingerprint density at radius 3 is 2.88 bits per heavy atom. The highest BCUT2D eigenvalue weighted by Crippen LogP contribution is 2.64. The minimum atomic E-state index is -0.859. The van der Waals surface area contributed by atoms with E-state index in [-0.39, 0.29) is 29.6 Å². The highest BCUT2D eigenvalue weighted by Gasteiger charge is 2.60. The van der Waals surface area contributed by atoms with E-state index >= 15 is 0 Å². The maximum absolute atomic E-state index is 11.0. The van der Waals surface area contributed by atoms with Crippen molar-refractivity contribution < 1.29 is 19.4 Å². The number of aldehydes is 1. The van der Waals surface area contributed by atoms with Gasteiger partial charge in [-0.15, -0.1) is 0 Å². The number of allylic oxidation sites excluding steroid dienone is 2. The molecule has 2 rings (SSSR count). The molecule has 0 saturated heterocycles. The maximum atomic E-state index is 11.0. The molecule has 2 aliphatic carbocycles. The summed E-state index contributed by atoms with van der Waals surface area (Å²) in [7, 11) is 0. The van der Waals surface area contributed by atoms with Crippen LogP contribution in [0.5, 0.6) is 0 Å². The van der Waals surface area contributed by atoms with Crippen LogP contribution in [0, 0.1) is 16.7 Å². The van der Waals surface area contributed by atoms with Gasteiger partial charge in [-0.3, -0.25) is 4.79 Å². The topological polar surface area (TPSA) is 63.6 Å². The number of hydrogen-bond acceptors (Lipinski definition) is 4. The number of esters is 1. The Bertz CT molecular complexity index is 373. The number of rotatable bonds is 3. The second kappa shape index (κ2) is 3.42. The summed E-state index contributed by atoms with van der Waals surface area (Å²) < 4.78 is 5.00. The highest BCUT2D eigenvalue weighted by molar-refractivity contribution is 6.20. The van der Waals surface area contributed by atoms with Crippen LogP contribution < -0.4 is 0 Å². The van der Waals surface area contributed by atoms with Gasteiger partial charge >= 0.3 is 5.97 Å². The zero-order valence-electron chi connectivity index (χ0n) is 9.53. The van der Waals surface area contributed by atoms with E-state index in [1.807, 2.05) is 13.0 Å². The van der Waals surface area contributed by atoms with Gasteiger partial charge in [-0.2, -0.15) is 0 Å². The Balaban J connectivity index is 2.27. The average molecular weight is 224 g/mol. The lowest BCUT2D eigenvalue weighted by Gasteiger charge is -2.35. The molecule has 1 fully saturated rings. The van der Waals surface area contributed by atoms with E-state index in [1.165, 1.54) is 0 Å². The van der Waals surface area contributed by atoms with Gasteiger partial charge in [-0.1, -0.05) is 13.8 Å². The zero-order chi connectivity index (χ0) is 12.0. The van der Waals surface area contributed by atoms with Crippen LogP contribution in [0.25, 0.3) is 0 Å². The van der Waals surface area contributed by atoms with Crippen molar-refractivity contribution in [1.29, 1.82) is 0 Å². The number of aliphatic hydroxyl groups is 1. The van der Waals surface area contributed by atoms with E-state index in [9.17, 15) is 14.7 Å². The molecule has 4 nitrogen and oxygen atoms in total. The monoisotopic (exact) mass is 224 g/mol. The van der Waals surface area contributed by atoms with Crippen molar-refractivity contribution in [3.8, 4) is 0 Å². The van der Waals surface area contributed by atoms with Crippen molar-refractivity contribution >= 4 is 12.3 Å². The molecule has 0 heterocycles. The lowest BCUT2D eigenvalue weighted by atomic mass is 9.69. The molecule has 16 heavy (non-hydrogen) atoms. The molecule has 0 aromatic carbocycles. The highest BCUT2D eigenvalue weighted by atomic mass is 16.5. The molecule has 2 aliphatic rings. The van der Waals surface area contributed by atoms with Crippen LogP contribution in [-0.4, -0.2) is 24.0 Å². The fourth-order valence-corrected chi connectivity index (χ4v) is 3.09. The Labute approximate surface area is 94.3 Å². The maximum Gasteiger partial charge on any atom is 0.376 e. The molecule has 0 aromatic heterocycles. The van der Waals surface area contributed by atoms with Crippen LogP contribution in [-0.2, 0) is 14.3 Å². The lowest BCUT2D eigenvalue weighted by Crippen LogP contribution is -2.35. The molecule has 2 bridgehead atoms. The van der Waals surface area contributed by atoms with Gasteiger partial charge in [0.15, 0.2) is 0 Å². The minimum absolute atomic E-state index is 0.0476. The predicted molar refractivity (Wildman–Crippen MR) is 56.3 cm³/mol. The third-order valence-electron chi connectivity index (χ3n) is 4.47. The zero-order valence-corrected chi connectivity index (χ0v) is 9.53. The Morgan fingerprint density at radius 1 is 1.69 bits per heavy atom. The first-order valence-electron chi connectivity index (χ1n) is 5.47. The number of hydrogen-bond donors (Lipinski definition) is 1. The lowest BCUT2D eigenvalue weighted by molar-refractivity contribution is -0.146. The fourth-order valence-electron chi connectivity index (χ4n) is 3.09. The number of fused-ring (bicyclic) bond motifs is 2. The smallest absolute Gasteiger partial charge is 0.376 e. The van der Waals surface area contributed by atoms with Gasteiger partial charge in [-0.25, -0.2) is 4.79 Å². The van der Waals surface area contributed by atoms with E-state index in [0.717, 1.165) is 12.8 Å². The summed E-state index contributed by atoms with van der Waals surface area (Å²) in [6, 6.07) is 0. The van der Waals surface area contributed by atoms with Gasteiger partial charge in [0, 0.05) is 17.9 Å². The van der Waals surface area contributed by atoms with Crippen LogP contribution in [0.3, 0.4) is 0 Å². The standard InChI is InChI=1S/C12H16O4/c1-11-4-3-8(12(11,2)7-14)9(5-11)16-10(15)6-13/h5-6,8,14H,3-4,7H2,1-2H3.